The van der Waals surface area contributed by atoms with Crippen LogP contribution in [0.3, 0.4) is 0 Å². The number of nitrogens with zero attached hydrogens (tertiary/aromatic N) is 3. The summed E-state index contributed by atoms with van der Waals surface area (Å²) < 4.78 is 38.8. The molecule has 2 aromatic rings. The smallest absolute Gasteiger partial charge is 0.243 e. The standard InChI is InChI=1S/C25H29N3O6S/c1-18(29)28-9-8-19-4-2-3-5-21(19)22(28)17-25(30)26-10-12-27(13-11-26)35(31,32)20-6-7-23-24(16-20)34-15-14-33-23/h2-7,16,22H,8-15,17H2,1H3. The van der Waals surface area contributed by atoms with Gasteiger partial charge in [-0.05, 0) is 29.7 Å². The van der Waals surface area contributed by atoms with Gasteiger partial charge in [-0.3, -0.25) is 9.59 Å². The van der Waals surface area contributed by atoms with E-state index in [0.29, 0.717) is 44.3 Å². The predicted molar refractivity (Wildman–Crippen MR) is 128 cm³/mol. The van der Waals surface area contributed by atoms with E-state index >= 15 is 0 Å². The summed E-state index contributed by atoms with van der Waals surface area (Å²) in [4.78, 5) is 29.1. The van der Waals surface area contributed by atoms with Gasteiger partial charge in [0.1, 0.15) is 13.2 Å². The number of sulfonamides is 1. The molecule has 0 aliphatic carbocycles. The van der Waals surface area contributed by atoms with E-state index in [9.17, 15) is 18.0 Å². The molecule has 186 valence electrons. The third-order valence-corrected chi connectivity index (χ3v) is 8.82. The number of ether oxygens (including phenoxy) is 2. The van der Waals surface area contributed by atoms with Crippen molar-refractivity contribution in [1.29, 1.82) is 0 Å². The lowest BCUT2D eigenvalue weighted by Gasteiger charge is -2.39. The summed E-state index contributed by atoms with van der Waals surface area (Å²) >= 11 is 0. The van der Waals surface area contributed by atoms with E-state index in [1.165, 1.54) is 23.4 Å². The molecule has 1 atom stereocenters. The van der Waals surface area contributed by atoms with Crippen molar-refractivity contribution in [2.45, 2.75) is 30.7 Å². The molecule has 0 radical (unpaired) electrons. The summed E-state index contributed by atoms with van der Waals surface area (Å²) in [6.45, 7) is 3.96. The fraction of sp³-hybridized carbons (Fsp3) is 0.440. The lowest BCUT2D eigenvalue weighted by molar-refractivity contribution is -0.137. The lowest BCUT2D eigenvalue weighted by Crippen LogP contribution is -2.51. The van der Waals surface area contributed by atoms with Crippen LogP contribution in [0, 0.1) is 0 Å². The molecule has 10 heteroatoms. The van der Waals surface area contributed by atoms with Gasteiger partial charge >= 0.3 is 0 Å². The summed E-state index contributed by atoms with van der Waals surface area (Å²) in [7, 11) is -3.72. The van der Waals surface area contributed by atoms with Crippen LogP contribution in [0.5, 0.6) is 11.5 Å². The minimum atomic E-state index is -3.72. The summed E-state index contributed by atoms with van der Waals surface area (Å²) in [5, 5.41) is 0. The molecule has 0 N–H and O–H groups in total. The monoisotopic (exact) mass is 499 g/mol. The number of hydrogen-bond acceptors (Lipinski definition) is 6. The molecule has 0 saturated carbocycles. The molecule has 3 aliphatic heterocycles. The van der Waals surface area contributed by atoms with Crippen LogP contribution in [-0.2, 0) is 26.0 Å². The van der Waals surface area contributed by atoms with E-state index in [-0.39, 0.29) is 42.3 Å². The van der Waals surface area contributed by atoms with E-state index in [0.717, 1.165) is 17.5 Å². The molecular formula is C25H29N3O6S. The van der Waals surface area contributed by atoms with Crippen LogP contribution < -0.4 is 9.47 Å². The van der Waals surface area contributed by atoms with Gasteiger partial charge in [0.2, 0.25) is 21.8 Å². The van der Waals surface area contributed by atoms with Crippen molar-refractivity contribution in [2.75, 3.05) is 45.9 Å². The molecule has 0 aromatic heterocycles. The first-order chi connectivity index (χ1) is 16.8. The highest BCUT2D eigenvalue weighted by atomic mass is 32.2. The van der Waals surface area contributed by atoms with Crippen molar-refractivity contribution >= 4 is 21.8 Å². The number of piperazine rings is 1. The Bertz CT molecular complexity index is 1240. The molecule has 3 heterocycles. The average Bonchev–Trinajstić information content (AvgIpc) is 2.88. The van der Waals surface area contributed by atoms with Crippen molar-refractivity contribution in [3.8, 4) is 11.5 Å². The number of benzene rings is 2. The number of fused-ring (bicyclic) bond motifs is 2. The summed E-state index contributed by atoms with van der Waals surface area (Å²) in [5.41, 5.74) is 2.18. The minimum absolute atomic E-state index is 0.0485. The molecule has 35 heavy (non-hydrogen) atoms. The quantitative estimate of drug-likeness (QED) is 0.637. The fourth-order valence-electron chi connectivity index (χ4n) is 5.05. The van der Waals surface area contributed by atoms with E-state index in [4.69, 9.17) is 9.47 Å². The first kappa shape index (κ1) is 23.6. The first-order valence-electron chi connectivity index (χ1n) is 11.9. The number of rotatable bonds is 4. The van der Waals surface area contributed by atoms with Crippen LogP contribution >= 0.6 is 0 Å². The molecule has 3 aliphatic rings. The van der Waals surface area contributed by atoms with Crippen molar-refractivity contribution in [3.05, 3.63) is 53.6 Å². The van der Waals surface area contributed by atoms with Gasteiger partial charge in [-0.2, -0.15) is 4.31 Å². The molecule has 1 fully saturated rings. The van der Waals surface area contributed by atoms with Gasteiger partial charge in [0, 0.05) is 45.7 Å². The zero-order chi connectivity index (χ0) is 24.6. The fourth-order valence-corrected chi connectivity index (χ4v) is 6.49. The Balaban J connectivity index is 1.25. The van der Waals surface area contributed by atoms with Crippen LogP contribution in [0.15, 0.2) is 47.4 Å². The second kappa shape index (κ2) is 9.50. The molecule has 1 saturated heterocycles. The van der Waals surface area contributed by atoms with Crippen LogP contribution in [0.2, 0.25) is 0 Å². The number of carbonyl (C=O) groups is 2. The Kier molecular flexibility index (Phi) is 6.41. The van der Waals surface area contributed by atoms with E-state index in [2.05, 4.69) is 0 Å². The second-order valence-electron chi connectivity index (χ2n) is 8.97. The maximum atomic E-state index is 13.2. The molecule has 9 nitrogen and oxygen atoms in total. The molecule has 0 bridgehead atoms. The Labute approximate surface area is 205 Å². The maximum Gasteiger partial charge on any atom is 0.243 e. The molecule has 5 rings (SSSR count). The van der Waals surface area contributed by atoms with E-state index in [1.807, 2.05) is 24.3 Å². The number of amides is 2. The first-order valence-corrected chi connectivity index (χ1v) is 13.3. The van der Waals surface area contributed by atoms with Crippen molar-refractivity contribution in [2.24, 2.45) is 0 Å². The Morgan fingerprint density at radius 3 is 2.40 bits per heavy atom. The van der Waals surface area contributed by atoms with Crippen LogP contribution in [0.4, 0.5) is 0 Å². The Morgan fingerprint density at radius 2 is 1.66 bits per heavy atom. The van der Waals surface area contributed by atoms with Gasteiger partial charge in [-0.1, -0.05) is 24.3 Å². The molecule has 2 amide bonds. The topological polar surface area (TPSA) is 96.5 Å². The molecule has 1 unspecified atom stereocenters. The van der Waals surface area contributed by atoms with Gasteiger partial charge in [0.15, 0.2) is 11.5 Å². The zero-order valence-corrected chi connectivity index (χ0v) is 20.5. The Hall–Kier alpha value is -3.11. The predicted octanol–water partition coefficient (Wildman–Crippen LogP) is 1.83. The molecule has 2 aromatic carbocycles. The lowest BCUT2D eigenvalue weighted by atomic mass is 9.90. The van der Waals surface area contributed by atoms with Crippen LogP contribution in [0.25, 0.3) is 0 Å². The van der Waals surface area contributed by atoms with E-state index < -0.39 is 10.0 Å². The van der Waals surface area contributed by atoms with Crippen molar-refractivity contribution in [1.82, 2.24) is 14.1 Å². The van der Waals surface area contributed by atoms with Gasteiger partial charge in [-0.15, -0.1) is 0 Å². The number of carbonyl (C=O) groups excluding carboxylic acids is 2. The average molecular weight is 500 g/mol. The summed E-state index contributed by atoms with van der Waals surface area (Å²) in [6, 6.07) is 12.3. The highest BCUT2D eigenvalue weighted by Gasteiger charge is 2.35. The zero-order valence-electron chi connectivity index (χ0n) is 19.7. The Morgan fingerprint density at radius 1 is 0.943 bits per heavy atom. The molecular weight excluding hydrogens is 470 g/mol. The highest BCUT2D eigenvalue weighted by molar-refractivity contribution is 7.89. The van der Waals surface area contributed by atoms with Gasteiger partial charge in [0.25, 0.3) is 0 Å². The number of hydrogen-bond donors (Lipinski definition) is 0. The van der Waals surface area contributed by atoms with Crippen LogP contribution in [-0.4, -0.2) is 80.3 Å². The SMILES string of the molecule is CC(=O)N1CCc2ccccc2C1CC(=O)N1CCN(S(=O)(=O)c2ccc3c(c2)OCCO3)CC1. The summed E-state index contributed by atoms with van der Waals surface area (Å²) in [5.74, 6) is 0.838. The minimum Gasteiger partial charge on any atom is -0.486 e. The third-order valence-electron chi connectivity index (χ3n) is 6.93. The van der Waals surface area contributed by atoms with Gasteiger partial charge in [0.05, 0.1) is 17.4 Å². The van der Waals surface area contributed by atoms with Gasteiger partial charge in [-0.25, -0.2) is 8.42 Å². The van der Waals surface area contributed by atoms with Crippen molar-refractivity contribution in [3.63, 3.8) is 0 Å². The van der Waals surface area contributed by atoms with Gasteiger partial charge < -0.3 is 19.3 Å². The van der Waals surface area contributed by atoms with Crippen molar-refractivity contribution < 1.29 is 27.5 Å². The van der Waals surface area contributed by atoms with E-state index in [1.54, 1.807) is 15.9 Å². The molecule has 0 spiro atoms. The normalized spacial score (nSPS) is 20.3. The second-order valence-corrected chi connectivity index (χ2v) is 10.9. The largest absolute Gasteiger partial charge is 0.486 e. The third kappa shape index (κ3) is 4.60. The summed E-state index contributed by atoms with van der Waals surface area (Å²) in [6.07, 6.45) is 0.961. The maximum absolute atomic E-state index is 13.2. The van der Waals surface area contributed by atoms with Crippen LogP contribution in [0.1, 0.15) is 30.5 Å². The highest BCUT2D eigenvalue weighted by Crippen LogP contribution is 2.34.